The molecular formula is C25H18N6O3S. The van der Waals surface area contributed by atoms with Crippen LogP contribution in [0.3, 0.4) is 0 Å². The molecule has 0 bridgehead atoms. The van der Waals surface area contributed by atoms with Gasteiger partial charge in [0.2, 0.25) is 0 Å². The highest BCUT2D eigenvalue weighted by Crippen LogP contribution is 2.23. The third kappa shape index (κ3) is 5.07. The van der Waals surface area contributed by atoms with Gasteiger partial charge in [0.25, 0.3) is 11.8 Å². The molecule has 172 valence electrons. The second-order valence-corrected chi connectivity index (χ2v) is 8.24. The minimum atomic E-state index is -0.465. The third-order valence-electron chi connectivity index (χ3n) is 4.91. The summed E-state index contributed by atoms with van der Waals surface area (Å²) in [6.07, 6.45) is 3.07. The maximum absolute atomic E-state index is 13.4. The van der Waals surface area contributed by atoms with Crippen LogP contribution in [0.2, 0.25) is 0 Å². The van der Waals surface area contributed by atoms with Crippen LogP contribution in [-0.2, 0) is 4.79 Å². The molecule has 0 radical (unpaired) electrons. The van der Waals surface area contributed by atoms with Gasteiger partial charge < -0.3 is 15.1 Å². The van der Waals surface area contributed by atoms with Crippen molar-refractivity contribution in [3.8, 4) is 11.4 Å². The number of furan rings is 1. The molecular weight excluding hydrogens is 464 g/mol. The zero-order valence-electron chi connectivity index (χ0n) is 18.2. The summed E-state index contributed by atoms with van der Waals surface area (Å²) in [6.45, 7) is 0. The summed E-state index contributed by atoms with van der Waals surface area (Å²) in [5.41, 5.74) is 1.93. The quantitative estimate of drug-likeness (QED) is 0.319. The Kier molecular flexibility index (Phi) is 6.27. The van der Waals surface area contributed by atoms with Crippen LogP contribution >= 0.6 is 11.3 Å². The van der Waals surface area contributed by atoms with Gasteiger partial charge in [0.05, 0.1) is 11.1 Å². The van der Waals surface area contributed by atoms with Crippen molar-refractivity contribution in [2.24, 2.45) is 0 Å². The van der Waals surface area contributed by atoms with E-state index in [1.807, 2.05) is 41.8 Å². The van der Waals surface area contributed by atoms with Gasteiger partial charge >= 0.3 is 0 Å². The molecule has 0 saturated heterocycles. The molecule has 0 spiro atoms. The second kappa shape index (κ2) is 9.98. The lowest BCUT2D eigenvalue weighted by atomic mass is 10.2. The lowest BCUT2D eigenvalue weighted by Gasteiger charge is -2.12. The third-order valence-corrected chi connectivity index (χ3v) is 5.78. The summed E-state index contributed by atoms with van der Waals surface area (Å²) in [4.78, 5) is 26.4. The second-order valence-electron chi connectivity index (χ2n) is 7.29. The molecule has 0 saturated carbocycles. The summed E-state index contributed by atoms with van der Waals surface area (Å²) in [6, 6.07) is 23.2. The molecule has 3 heterocycles. The number of carbonyl (C=O) groups excluding carboxylic acids is 2. The topological polar surface area (TPSA) is 115 Å². The van der Waals surface area contributed by atoms with E-state index in [1.54, 1.807) is 48.5 Å². The fraction of sp³-hybridized carbons (Fsp3) is 0. The fourth-order valence-corrected chi connectivity index (χ4v) is 3.94. The molecule has 2 N–H and O–H groups in total. The zero-order valence-corrected chi connectivity index (χ0v) is 19.0. The fourth-order valence-electron chi connectivity index (χ4n) is 3.32. The Balaban J connectivity index is 1.43. The molecule has 0 aliphatic heterocycles. The number of benzene rings is 2. The number of rotatable bonds is 7. The van der Waals surface area contributed by atoms with Crippen molar-refractivity contribution in [2.75, 3.05) is 10.6 Å². The molecule has 9 nitrogen and oxygen atoms in total. The molecule has 0 atom stereocenters. The average Bonchev–Trinajstić information content (AvgIpc) is 3.66. The van der Waals surface area contributed by atoms with Crippen molar-refractivity contribution in [1.82, 2.24) is 20.2 Å². The van der Waals surface area contributed by atoms with Crippen molar-refractivity contribution < 1.29 is 14.0 Å². The van der Waals surface area contributed by atoms with Gasteiger partial charge in [-0.05, 0) is 52.2 Å². The van der Waals surface area contributed by atoms with E-state index in [9.17, 15) is 9.59 Å². The number of tetrazole rings is 1. The minimum absolute atomic E-state index is 0.150. The lowest BCUT2D eigenvalue weighted by molar-refractivity contribution is -0.111. The van der Waals surface area contributed by atoms with Crippen molar-refractivity contribution >= 4 is 46.3 Å². The summed E-state index contributed by atoms with van der Waals surface area (Å²) >= 11 is 1.35. The first kappa shape index (κ1) is 22.0. The van der Waals surface area contributed by atoms with Crippen LogP contribution in [0, 0.1) is 0 Å². The van der Waals surface area contributed by atoms with E-state index < -0.39 is 5.91 Å². The van der Waals surface area contributed by atoms with Crippen LogP contribution in [0.15, 0.2) is 94.9 Å². The molecule has 0 aliphatic rings. The van der Waals surface area contributed by atoms with Crippen molar-refractivity contribution in [2.45, 2.75) is 0 Å². The molecule has 35 heavy (non-hydrogen) atoms. The summed E-state index contributed by atoms with van der Waals surface area (Å²) in [5, 5.41) is 19.5. The van der Waals surface area contributed by atoms with Crippen LogP contribution in [0.25, 0.3) is 23.2 Å². The van der Waals surface area contributed by atoms with E-state index in [1.165, 1.54) is 22.3 Å². The number of amides is 2. The Morgan fingerprint density at radius 3 is 2.49 bits per heavy atom. The monoisotopic (exact) mass is 482 g/mol. The van der Waals surface area contributed by atoms with Crippen molar-refractivity contribution in [1.29, 1.82) is 0 Å². The minimum Gasteiger partial charge on any atom is -0.465 e. The number of aromatic nitrogens is 4. The first-order chi connectivity index (χ1) is 17.2. The van der Waals surface area contributed by atoms with Crippen molar-refractivity contribution in [3.05, 3.63) is 101 Å². The molecule has 5 rings (SSSR count). The molecule has 0 fully saturated rings. The molecule has 0 aliphatic carbocycles. The van der Waals surface area contributed by atoms with Crippen LogP contribution in [0.5, 0.6) is 0 Å². The maximum atomic E-state index is 13.4. The number of thiophene rings is 1. The van der Waals surface area contributed by atoms with Crippen LogP contribution in [0.4, 0.5) is 11.4 Å². The first-order valence-electron chi connectivity index (χ1n) is 10.5. The standard InChI is InChI=1S/C25H18N6O3S/c32-24(26-18-9-4-10-19(15-18)27-25(33)22-12-6-14-35-22)21(16-20-11-5-13-34-20)31-23(28-29-30-31)17-7-2-1-3-8-17/h1-16H,(H,26,32)(H,27,33)/b21-16-. The Hall–Kier alpha value is -4.83. The molecule has 5 aromatic rings. The highest BCUT2D eigenvalue weighted by molar-refractivity contribution is 7.12. The maximum Gasteiger partial charge on any atom is 0.274 e. The molecule has 10 heteroatoms. The van der Waals surface area contributed by atoms with E-state index in [4.69, 9.17) is 4.42 Å². The Morgan fingerprint density at radius 1 is 0.914 bits per heavy atom. The predicted octanol–water partition coefficient (Wildman–Crippen LogP) is 4.88. The van der Waals surface area contributed by atoms with Gasteiger partial charge in [0.15, 0.2) is 5.82 Å². The average molecular weight is 483 g/mol. The van der Waals surface area contributed by atoms with Gasteiger partial charge in [0, 0.05) is 23.0 Å². The molecule has 0 unspecified atom stereocenters. The van der Waals surface area contributed by atoms with E-state index in [0.29, 0.717) is 27.8 Å². The number of nitrogens with zero attached hydrogens (tertiary/aromatic N) is 4. The normalized spacial score (nSPS) is 11.3. The Labute approximate surface area is 203 Å². The highest BCUT2D eigenvalue weighted by Gasteiger charge is 2.20. The Morgan fingerprint density at radius 2 is 1.74 bits per heavy atom. The van der Waals surface area contributed by atoms with Gasteiger partial charge in [0.1, 0.15) is 11.5 Å². The number of anilines is 2. The molecule has 3 aromatic heterocycles. The number of nitrogens with one attached hydrogen (secondary N) is 2. The number of carbonyl (C=O) groups is 2. The lowest BCUT2D eigenvalue weighted by Crippen LogP contribution is -2.19. The van der Waals surface area contributed by atoms with E-state index in [0.717, 1.165) is 5.56 Å². The van der Waals surface area contributed by atoms with Crippen LogP contribution < -0.4 is 10.6 Å². The summed E-state index contributed by atoms with van der Waals surface area (Å²) in [7, 11) is 0. The number of hydrogen-bond acceptors (Lipinski definition) is 7. The van der Waals surface area contributed by atoms with Crippen LogP contribution in [-0.4, -0.2) is 32.0 Å². The largest absolute Gasteiger partial charge is 0.465 e. The van der Waals surface area contributed by atoms with E-state index >= 15 is 0 Å². The van der Waals surface area contributed by atoms with Crippen LogP contribution in [0.1, 0.15) is 15.4 Å². The van der Waals surface area contributed by atoms with Gasteiger partial charge in [-0.2, -0.15) is 4.68 Å². The zero-order chi connectivity index (χ0) is 24.0. The number of hydrogen-bond donors (Lipinski definition) is 2. The first-order valence-corrected chi connectivity index (χ1v) is 11.4. The van der Waals surface area contributed by atoms with E-state index in [-0.39, 0.29) is 11.6 Å². The summed E-state index contributed by atoms with van der Waals surface area (Å²) < 4.78 is 6.78. The predicted molar refractivity (Wildman–Crippen MR) is 133 cm³/mol. The van der Waals surface area contributed by atoms with Gasteiger partial charge in [-0.25, -0.2) is 0 Å². The highest BCUT2D eigenvalue weighted by atomic mass is 32.1. The summed E-state index contributed by atoms with van der Waals surface area (Å²) in [5.74, 6) is 0.174. The smallest absolute Gasteiger partial charge is 0.274 e. The van der Waals surface area contributed by atoms with Gasteiger partial charge in [-0.15, -0.1) is 16.4 Å². The molecule has 2 aromatic carbocycles. The van der Waals surface area contributed by atoms with Gasteiger partial charge in [-0.3, -0.25) is 9.59 Å². The Bertz CT molecular complexity index is 1470. The SMILES string of the molecule is O=C(Nc1cccc(NC(=O)c2cccs2)c1)/C(=C/c1ccco1)n1nnnc1-c1ccccc1. The van der Waals surface area contributed by atoms with Crippen molar-refractivity contribution in [3.63, 3.8) is 0 Å². The van der Waals surface area contributed by atoms with E-state index in [2.05, 4.69) is 26.2 Å². The van der Waals surface area contributed by atoms with Gasteiger partial charge in [-0.1, -0.05) is 42.5 Å². The molecule has 2 amide bonds.